The molecule has 0 spiro atoms. The van der Waals surface area contributed by atoms with E-state index in [0.717, 1.165) is 23.5 Å². The van der Waals surface area contributed by atoms with E-state index in [-0.39, 0.29) is 23.5 Å². The minimum atomic E-state index is -0.350. The first kappa shape index (κ1) is 19.2. The summed E-state index contributed by atoms with van der Waals surface area (Å²) < 4.78 is 0. The van der Waals surface area contributed by atoms with Gasteiger partial charge < -0.3 is 15.5 Å². The number of thioether (sulfide) groups is 1. The zero-order valence-electron chi connectivity index (χ0n) is 15.5. The van der Waals surface area contributed by atoms with Gasteiger partial charge in [0.2, 0.25) is 11.8 Å². The summed E-state index contributed by atoms with van der Waals surface area (Å²) in [5.41, 5.74) is 0.839. The number of nitrogens with zero attached hydrogens (tertiary/aromatic N) is 1. The van der Waals surface area contributed by atoms with Crippen molar-refractivity contribution in [1.82, 2.24) is 10.2 Å². The first-order chi connectivity index (χ1) is 12.7. The lowest BCUT2D eigenvalue weighted by molar-refractivity contribution is -0.124. The van der Waals surface area contributed by atoms with Gasteiger partial charge in [0.15, 0.2) is 0 Å². The van der Waals surface area contributed by atoms with Gasteiger partial charge in [-0.05, 0) is 44.4 Å². The van der Waals surface area contributed by atoms with Crippen molar-refractivity contribution in [3.05, 3.63) is 24.3 Å². The van der Waals surface area contributed by atoms with Crippen molar-refractivity contribution < 1.29 is 9.59 Å². The maximum atomic E-state index is 12.2. The summed E-state index contributed by atoms with van der Waals surface area (Å²) in [6.07, 6.45) is 6.34. The van der Waals surface area contributed by atoms with Gasteiger partial charge in [-0.2, -0.15) is 0 Å². The lowest BCUT2D eigenvalue weighted by Gasteiger charge is -2.35. The fourth-order valence-corrected chi connectivity index (χ4v) is 4.90. The van der Waals surface area contributed by atoms with Crippen LogP contribution in [0.2, 0.25) is 0 Å². The van der Waals surface area contributed by atoms with E-state index in [1.807, 2.05) is 24.3 Å². The van der Waals surface area contributed by atoms with Crippen molar-refractivity contribution in [3.8, 4) is 0 Å². The molecular formula is C20H29N3O2S. The van der Waals surface area contributed by atoms with Crippen molar-refractivity contribution >= 4 is 29.3 Å². The number of piperidine rings is 1. The Labute approximate surface area is 160 Å². The molecule has 2 heterocycles. The molecule has 1 fully saturated rings. The van der Waals surface area contributed by atoms with Crippen molar-refractivity contribution in [2.75, 3.05) is 25.0 Å². The number of carbonyl (C=O) groups excluding carboxylic acids is 2. The molecule has 0 unspecified atom stereocenters. The molecule has 6 heteroatoms. The maximum absolute atomic E-state index is 12.2. The van der Waals surface area contributed by atoms with Gasteiger partial charge in [0, 0.05) is 30.4 Å². The van der Waals surface area contributed by atoms with E-state index in [2.05, 4.69) is 22.5 Å². The van der Waals surface area contributed by atoms with E-state index in [9.17, 15) is 9.59 Å². The van der Waals surface area contributed by atoms with E-state index < -0.39 is 0 Å². The van der Waals surface area contributed by atoms with Crippen LogP contribution >= 0.6 is 11.8 Å². The summed E-state index contributed by atoms with van der Waals surface area (Å²) >= 11 is 1.48. The number of para-hydroxylation sites is 1. The smallest absolute Gasteiger partial charge is 0.238 e. The molecule has 0 bridgehead atoms. The summed E-state index contributed by atoms with van der Waals surface area (Å²) in [5.74, 6) is -0.120. The molecule has 0 aliphatic carbocycles. The molecule has 3 rings (SSSR count). The number of anilines is 1. The summed E-state index contributed by atoms with van der Waals surface area (Å²) in [4.78, 5) is 28.0. The second kappa shape index (κ2) is 9.42. The Morgan fingerprint density at radius 1 is 1.35 bits per heavy atom. The average molecular weight is 376 g/mol. The molecule has 2 atom stereocenters. The van der Waals surface area contributed by atoms with E-state index in [0.29, 0.717) is 12.6 Å². The normalized spacial score (nSPS) is 23.2. The van der Waals surface area contributed by atoms with Crippen LogP contribution in [0, 0.1) is 0 Å². The number of rotatable bonds is 7. The molecule has 5 nitrogen and oxygen atoms in total. The minimum absolute atomic E-state index is 0.0392. The number of hydrogen-bond donors (Lipinski definition) is 2. The number of fused-ring (bicyclic) bond motifs is 1. The van der Waals surface area contributed by atoms with E-state index >= 15 is 0 Å². The predicted octanol–water partition coefficient (Wildman–Crippen LogP) is 3.26. The highest BCUT2D eigenvalue weighted by molar-refractivity contribution is 8.01. The van der Waals surface area contributed by atoms with E-state index in [1.165, 1.54) is 44.0 Å². The molecule has 0 radical (unpaired) electrons. The SMILES string of the molecule is CC[C@@H]1CCCCN1CCCNC(=O)C[C@H]1Sc2ccccc2NC1=O. The molecular weight excluding hydrogens is 346 g/mol. The van der Waals surface area contributed by atoms with Crippen LogP contribution in [0.1, 0.15) is 45.4 Å². The molecule has 2 N–H and O–H groups in total. The molecule has 1 aromatic rings. The minimum Gasteiger partial charge on any atom is -0.356 e. The topological polar surface area (TPSA) is 61.4 Å². The first-order valence-electron chi connectivity index (χ1n) is 9.74. The van der Waals surface area contributed by atoms with Crippen molar-refractivity contribution in [3.63, 3.8) is 0 Å². The standard InChI is InChI=1S/C20H29N3O2S/c1-2-15-8-5-6-12-23(15)13-7-11-21-19(24)14-18-20(25)22-16-9-3-4-10-17(16)26-18/h3-4,9-10,15,18H,2,5-8,11-14H2,1H3,(H,21,24)(H,22,25)/t15-,18-/m1/s1. The number of hydrogen-bond acceptors (Lipinski definition) is 4. The molecule has 2 aliphatic heterocycles. The third-order valence-electron chi connectivity index (χ3n) is 5.24. The fraction of sp³-hybridized carbons (Fsp3) is 0.600. The van der Waals surface area contributed by atoms with Crippen LogP contribution in [0.25, 0.3) is 0 Å². The Balaban J connectivity index is 1.38. The molecule has 1 aromatic carbocycles. The molecule has 2 aliphatic rings. The number of amides is 2. The average Bonchev–Trinajstić information content (AvgIpc) is 2.66. The summed E-state index contributed by atoms with van der Waals surface area (Å²) in [6, 6.07) is 8.43. The summed E-state index contributed by atoms with van der Waals surface area (Å²) in [7, 11) is 0. The predicted molar refractivity (Wildman–Crippen MR) is 106 cm³/mol. The van der Waals surface area contributed by atoms with E-state index in [1.54, 1.807) is 0 Å². The van der Waals surface area contributed by atoms with Crippen LogP contribution in [0.5, 0.6) is 0 Å². The van der Waals surface area contributed by atoms with Gasteiger partial charge in [-0.3, -0.25) is 9.59 Å². The Bertz CT molecular complexity index is 637. The molecule has 1 saturated heterocycles. The fourth-order valence-electron chi connectivity index (χ4n) is 3.79. The van der Waals surface area contributed by atoms with Crippen LogP contribution in [0.4, 0.5) is 5.69 Å². The second-order valence-corrected chi connectivity index (χ2v) is 8.34. The third-order valence-corrected chi connectivity index (χ3v) is 6.52. The van der Waals surface area contributed by atoms with Crippen molar-refractivity contribution in [2.24, 2.45) is 0 Å². The van der Waals surface area contributed by atoms with Gasteiger partial charge in [-0.25, -0.2) is 0 Å². The van der Waals surface area contributed by atoms with Crippen LogP contribution in [-0.2, 0) is 9.59 Å². The largest absolute Gasteiger partial charge is 0.356 e. The molecule has 2 amide bonds. The van der Waals surface area contributed by atoms with Gasteiger partial charge in [0.1, 0.15) is 0 Å². The molecule has 0 saturated carbocycles. The second-order valence-electron chi connectivity index (χ2n) is 7.09. The zero-order valence-corrected chi connectivity index (χ0v) is 16.3. The summed E-state index contributed by atoms with van der Waals surface area (Å²) in [6.45, 7) is 5.17. The number of likely N-dealkylation sites (tertiary alicyclic amines) is 1. The van der Waals surface area contributed by atoms with E-state index in [4.69, 9.17) is 0 Å². The molecule has 0 aromatic heterocycles. The van der Waals surface area contributed by atoms with Crippen LogP contribution in [0.15, 0.2) is 29.2 Å². The Kier molecular flexibility index (Phi) is 6.97. The summed E-state index contributed by atoms with van der Waals surface area (Å²) in [5, 5.41) is 5.53. The van der Waals surface area contributed by atoms with Crippen molar-refractivity contribution in [2.45, 2.75) is 61.6 Å². The van der Waals surface area contributed by atoms with Gasteiger partial charge in [-0.15, -0.1) is 11.8 Å². The lowest BCUT2D eigenvalue weighted by Crippen LogP contribution is -2.41. The Hall–Kier alpha value is -1.53. The molecule has 26 heavy (non-hydrogen) atoms. The van der Waals surface area contributed by atoms with Crippen LogP contribution < -0.4 is 10.6 Å². The van der Waals surface area contributed by atoms with Crippen LogP contribution in [-0.4, -0.2) is 47.6 Å². The Morgan fingerprint density at radius 3 is 3.04 bits per heavy atom. The van der Waals surface area contributed by atoms with Gasteiger partial charge in [0.25, 0.3) is 0 Å². The highest BCUT2D eigenvalue weighted by atomic mass is 32.2. The highest BCUT2D eigenvalue weighted by Crippen LogP contribution is 2.36. The van der Waals surface area contributed by atoms with Gasteiger partial charge >= 0.3 is 0 Å². The maximum Gasteiger partial charge on any atom is 0.238 e. The number of benzene rings is 1. The lowest BCUT2D eigenvalue weighted by atomic mass is 10.00. The van der Waals surface area contributed by atoms with Gasteiger partial charge in [-0.1, -0.05) is 25.5 Å². The quantitative estimate of drug-likeness (QED) is 0.718. The Morgan fingerprint density at radius 2 is 2.19 bits per heavy atom. The monoisotopic (exact) mass is 375 g/mol. The van der Waals surface area contributed by atoms with Gasteiger partial charge in [0.05, 0.1) is 10.9 Å². The number of nitrogens with one attached hydrogen (secondary N) is 2. The third kappa shape index (κ3) is 5.01. The van der Waals surface area contributed by atoms with Crippen LogP contribution in [0.3, 0.4) is 0 Å². The van der Waals surface area contributed by atoms with Crippen molar-refractivity contribution in [1.29, 1.82) is 0 Å². The highest BCUT2D eigenvalue weighted by Gasteiger charge is 2.28. The number of carbonyl (C=O) groups is 2. The molecule has 142 valence electrons. The first-order valence-corrected chi connectivity index (χ1v) is 10.6. The zero-order chi connectivity index (χ0) is 18.4.